The highest BCUT2D eigenvalue weighted by atomic mass is 16.5. The molecule has 0 saturated carbocycles. The van der Waals surface area contributed by atoms with Gasteiger partial charge in [0.15, 0.2) is 5.78 Å². The Hall–Kier alpha value is -1.19. The van der Waals surface area contributed by atoms with Gasteiger partial charge in [0, 0.05) is 13.0 Å². The van der Waals surface area contributed by atoms with Crippen molar-refractivity contribution in [2.75, 3.05) is 19.8 Å². The quantitative estimate of drug-likeness (QED) is 0.871. The maximum atomic E-state index is 12.1. The van der Waals surface area contributed by atoms with Gasteiger partial charge in [-0.15, -0.1) is 0 Å². The zero-order valence-corrected chi connectivity index (χ0v) is 10.6. The summed E-state index contributed by atoms with van der Waals surface area (Å²) in [6.45, 7) is 2.01. The molecule has 1 atom stereocenters. The van der Waals surface area contributed by atoms with Crippen molar-refractivity contribution < 1.29 is 9.53 Å². The molecule has 0 spiro atoms. The third-order valence-corrected chi connectivity index (χ3v) is 3.85. The van der Waals surface area contributed by atoms with Gasteiger partial charge < -0.3 is 10.1 Å². The normalized spacial score (nSPS) is 22.8. The molecule has 1 aromatic carbocycles. The largest absolute Gasteiger partial charge is 0.378 e. The maximum absolute atomic E-state index is 12.1. The van der Waals surface area contributed by atoms with Crippen molar-refractivity contribution in [1.82, 2.24) is 5.32 Å². The van der Waals surface area contributed by atoms with Crippen LogP contribution in [0.25, 0.3) is 0 Å². The summed E-state index contributed by atoms with van der Waals surface area (Å²) in [5.41, 5.74) is 4.05. The van der Waals surface area contributed by atoms with Gasteiger partial charge in [0.1, 0.15) is 0 Å². The van der Waals surface area contributed by atoms with Crippen LogP contribution in [0.4, 0.5) is 0 Å². The van der Waals surface area contributed by atoms with Crippen LogP contribution in [0.5, 0.6) is 0 Å². The second kappa shape index (κ2) is 5.21. The molecule has 1 unspecified atom stereocenters. The number of carbonyl (C=O) groups excluding carboxylic acids is 1. The number of rotatable bonds is 3. The first-order valence-electron chi connectivity index (χ1n) is 6.77. The van der Waals surface area contributed by atoms with Crippen molar-refractivity contribution in [2.45, 2.75) is 31.7 Å². The Morgan fingerprint density at radius 1 is 1.33 bits per heavy atom. The van der Waals surface area contributed by atoms with Crippen LogP contribution in [-0.2, 0) is 28.8 Å². The molecule has 3 rings (SSSR count). The SMILES string of the molecule is O=C(Cc1ccc2c(c1)CCC2)C1COCCN1. The van der Waals surface area contributed by atoms with E-state index in [2.05, 4.69) is 23.5 Å². The minimum absolute atomic E-state index is 0.119. The number of Topliss-reactive ketones (excluding diaryl/α,β-unsaturated/α-hetero) is 1. The number of ketones is 1. The lowest BCUT2D eigenvalue weighted by Gasteiger charge is -2.22. The minimum Gasteiger partial charge on any atom is -0.378 e. The van der Waals surface area contributed by atoms with Crippen molar-refractivity contribution in [3.8, 4) is 0 Å². The number of benzene rings is 1. The van der Waals surface area contributed by atoms with E-state index < -0.39 is 0 Å². The molecule has 0 aromatic heterocycles. The number of fused-ring (bicyclic) bond motifs is 1. The lowest BCUT2D eigenvalue weighted by atomic mass is 10.00. The van der Waals surface area contributed by atoms with Gasteiger partial charge in [0.2, 0.25) is 0 Å². The lowest BCUT2D eigenvalue weighted by molar-refractivity contribution is -0.123. The number of nitrogens with one attached hydrogen (secondary N) is 1. The molecule has 1 heterocycles. The van der Waals surface area contributed by atoms with Gasteiger partial charge in [0.05, 0.1) is 19.3 Å². The van der Waals surface area contributed by atoms with Crippen molar-refractivity contribution in [3.63, 3.8) is 0 Å². The molecular weight excluding hydrogens is 226 g/mol. The first kappa shape index (κ1) is 11.9. The maximum Gasteiger partial charge on any atom is 0.156 e. The molecule has 3 heteroatoms. The van der Waals surface area contributed by atoms with E-state index in [9.17, 15) is 4.79 Å². The van der Waals surface area contributed by atoms with E-state index in [0.717, 1.165) is 12.1 Å². The van der Waals surface area contributed by atoms with E-state index in [0.29, 0.717) is 19.6 Å². The van der Waals surface area contributed by atoms with E-state index in [-0.39, 0.29) is 11.8 Å². The predicted molar refractivity (Wildman–Crippen MR) is 69.8 cm³/mol. The molecule has 1 aliphatic heterocycles. The van der Waals surface area contributed by atoms with Gasteiger partial charge in [-0.3, -0.25) is 4.79 Å². The Bertz CT molecular complexity index is 450. The van der Waals surface area contributed by atoms with Gasteiger partial charge in [-0.2, -0.15) is 0 Å². The number of ether oxygens (including phenoxy) is 1. The minimum atomic E-state index is -0.119. The van der Waals surface area contributed by atoms with Gasteiger partial charge >= 0.3 is 0 Å². The van der Waals surface area contributed by atoms with Crippen LogP contribution in [0.15, 0.2) is 18.2 Å². The Balaban J connectivity index is 1.66. The van der Waals surface area contributed by atoms with Gasteiger partial charge in [-0.1, -0.05) is 18.2 Å². The van der Waals surface area contributed by atoms with E-state index in [1.165, 1.54) is 30.4 Å². The van der Waals surface area contributed by atoms with E-state index in [1.54, 1.807) is 0 Å². The Morgan fingerprint density at radius 2 is 2.22 bits per heavy atom. The van der Waals surface area contributed by atoms with E-state index in [4.69, 9.17) is 4.74 Å². The average Bonchev–Trinajstić information content (AvgIpc) is 2.87. The molecule has 1 aliphatic carbocycles. The van der Waals surface area contributed by atoms with Crippen LogP contribution in [0.1, 0.15) is 23.1 Å². The van der Waals surface area contributed by atoms with Crippen LogP contribution in [0.3, 0.4) is 0 Å². The molecule has 18 heavy (non-hydrogen) atoms. The number of morpholine rings is 1. The molecule has 96 valence electrons. The van der Waals surface area contributed by atoms with Crippen molar-refractivity contribution in [1.29, 1.82) is 0 Å². The fraction of sp³-hybridized carbons (Fsp3) is 0.533. The van der Waals surface area contributed by atoms with Crippen LogP contribution >= 0.6 is 0 Å². The molecule has 1 saturated heterocycles. The Kier molecular flexibility index (Phi) is 3.43. The average molecular weight is 245 g/mol. The van der Waals surface area contributed by atoms with E-state index in [1.807, 2.05) is 0 Å². The highest BCUT2D eigenvalue weighted by Gasteiger charge is 2.21. The number of carbonyl (C=O) groups is 1. The number of hydrogen-bond donors (Lipinski definition) is 1. The third kappa shape index (κ3) is 2.47. The molecular formula is C15H19NO2. The number of hydrogen-bond acceptors (Lipinski definition) is 3. The summed E-state index contributed by atoms with van der Waals surface area (Å²) in [5.74, 6) is 0.243. The van der Waals surface area contributed by atoms with Crippen molar-refractivity contribution in [3.05, 3.63) is 34.9 Å². The fourth-order valence-electron chi connectivity index (χ4n) is 2.83. The molecule has 3 nitrogen and oxygen atoms in total. The lowest BCUT2D eigenvalue weighted by Crippen LogP contribution is -2.47. The molecule has 1 N–H and O–H groups in total. The summed E-state index contributed by atoms with van der Waals surface area (Å²) in [6.07, 6.45) is 4.14. The van der Waals surface area contributed by atoms with E-state index >= 15 is 0 Å². The Labute approximate surface area is 108 Å². The van der Waals surface area contributed by atoms with Crippen LogP contribution in [0.2, 0.25) is 0 Å². The highest BCUT2D eigenvalue weighted by Crippen LogP contribution is 2.23. The monoisotopic (exact) mass is 245 g/mol. The summed E-state index contributed by atoms with van der Waals surface area (Å²) >= 11 is 0. The van der Waals surface area contributed by atoms with Gasteiger partial charge in [-0.05, 0) is 36.0 Å². The smallest absolute Gasteiger partial charge is 0.156 e. The van der Waals surface area contributed by atoms with Crippen molar-refractivity contribution >= 4 is 5.78 Å². The van der Waals surface area contributed by atoms with Gasteiger partial charge in [-0.25, -0.2) is 0 Å². The van der Waals surface area contributed by atoms with Crippen LogP contribution in [0, 0.1) is 0 Å². The molecule has 1 fully saturated rings. The Morgan fingerprint density at radius 3 is 3.06 bits per heavy atom. The van der Waals surface area contributed by atoms with Gasteiger partial charge in [0.25, 0.3) is 0 Å². The summed E-state index contributed by atoms with van der Waals surface area (Å²) in [6, 6.07) is 6.39. The standard InChI is InChI=1S/C15H19NO2/c17-15(14-10-18-7-6-16-14)9-11-4-5-12-2-1-3-13(12)8-11/h4-5,8,14,16H,1-3,6-7,9-10H2. The molecule has 0 amide bonds. The zero-order chi connectivity index (χ0) is 12.4. The second-order valence-corrected chi connectivity index (χ2v) is 5.18. The molecule has 2 aliphatic rings. The molecule has 0 radical (unpaired) electrons. The second-order valence-electron chi connectivity index (χ2n) is 5.18. The first-order chi connectivity index (χ1) is 8.83. The molecule has 0 bridgehead atoms. The summed E-state index contributed by atoms with van der Waals surface area (Å²) in [5, 5.41) is 3.22. The first-order valence-corrected chi connectivity index (χ1v) is 6.77. The predicted octanol–water partition coefficient (Wildman–Crippen LogP) is 1.28. The third-order valence-electron chi connectivity index (χ3n) is 3.85. The highest BCUT2D eigenvalue weighted by molar-refractivity contribution is 5.86. The zero-order valence-electron chi connectivity index (χ0n) is 10.6. The van der Waals surface area contributed by atoms with Crippen LogP contribution in [-0.4, -0.2) is 31.6 Å². The summed E-state index contributed by atoms with van der Waals surface area (Å²) < 4.78 is 5.33. The topological polar surface area (TPSA) is 38.3 Å². The van der Waals surface area contributed by atoms with Crippen LogP contribution < -0.4 is 5.32 Å². The fourth-order valence-corrected chi connectivity index (χ4v) is 2.83. The van der Waals surface area contributed by atoms with Crippen molar-refractivity contribution in [2.24, 2.45) is 0 Å². The summed E-state index contributed by atoms with van der Waals surface area (Å²) in [7, 11) is 0. The summed E-state index contributed by atoms with van der Waals surface area (Å²) in [4.78, 5) is 12.1. The number of aryl methyl sites for hydroxylation is 2. The molecule has 1 aromatic rings.